The highest BCUT2D eigenvalue weighted by atomic mass is 16.5. The molecule has 2 rings (SSSR count). The van der Waals surface area contributed by atoms with Crippen LogP contribution in [0.15, 0.2) is 29.3 Å². The number of hydrogen-bond acceptors (Lipinski definition) is 2. The summed E-state index contributed by atoms with van der Waals surface area (Å²) in [5, 5.41) is 0. The van der Waals surface area contributed by atoms with Crippen LogP contribution in [0.2, 0.25) is 0 Å². The van der Waals surface area contributed by atoms with Gasteiger partial charge in [0.1, 0.15) is 6.61 Å². The highest BCUT2D eigenvalue weighted by molar-refractivity contribution is 5.72. The molecule has 62 valence electrons. The third kappa shape index (κ3) is 1.64. The van der Waals surface area contributed by atoms with Crippen molar-refractivity contribution in [3.05, 3.63) is 30.9 Å². The van der Waals surface area contributed by atoms with Crippen LogP contribution in [0.4, 0.5) is 0 Å². The highest BCUT2D eigenvalue weighted by Crippen LogP contribution is 2.21. The SMILES string of the molecule is [C]1OCC=CC1C1CC=CC=N1. The zero-order chi connectivity index (χ0) is 8.23. The average molecular weight is 161 g/mol. The average Bonchev–Trinajstić information content (AvgIpc) is 2.21. The number of nitrogens with zero attached hydrogens (tertiary/aromatic N) is 1. The van der Waals surface area contributed by atoms with Gasteiger partial charge in [0.2, 0.25) is 0 Å². The zero-order valence-electron chi connectivity index (χ0n) is 6.81. The standard InChI is InChI=1S/C10H11NO/c1-2-6-11-10(5-1)9-4-3-7-12-8-9/h1-4,6,9-10H,5,7H2. The number of dihydropyridines is 1. The number of ether oxygens (including phenoxy) is 1. The molecule has 0 fully saturated rings. The lowest BCUT2D eigenvalue weighted by molar-refractivity contribution is 0.184. The molecule has 2 unspecified atom stereocenters. The molecular formula is C10H11NO. The first-order valence-corrected chi connectivity index (χ1v) is 4.19. The van der Waals surface area contributed by atoms with E-state index >= 15 is 0 Å². The second kappa shape index (κ2) is 3.68. The Morgan fingerprint density at radius 1 is 1.42 bits per heavy atom. The van der Waals surface area contributed by atoms with Crippen LogP contribution in [-0.2, 0) is 4.74 Å². The van der Waals surface area contributed by atoms with Gasteiger partial charge in [-0.2, -0.15) is 0 Å². The molecule has 0 spiro atoms. The molecule has 2 aliphatic rings. The molecular weight excluding hydrogens is 150 g/mol. The minimum absolute atomic E-state index is 0.236. The molecule has 0 amide bonds. The van der Waals surface area contributed by atoms with Crippen LogP contribution < -0.4 is 0 Å². The lowest BCUT2D eigenvalue weighted by Crippen LogP contribution is -2.21. The van der Waals surface area contributed by atoms with Crippen molar-refractivity contribution in [3.8, 4) is 0 Å². The summed E-state index contributed by atoms with van der Waals surface area (Å²) in [6.45, 7) is 3.61. The molecule has 2 radical (unpaired) electrons. The molecule has 2 heteroatoms. The minimum atomic E-state index is 0.236. The van der Waals surface area contributed by atoms with Crippen LogP contribution >= 0.6 is 0 Å². The molecule has 2 atom stereocenters. The minimum Gasteiger partial charge on any atom is -0.364 e. The fraction of sp³-hybridized carbons (Fsp3) is 0.400. The van der Waals surface area contributed by atoms with E-state index in [9.17, 15) is 0 Å². The Bertz CT molecular complexity index is 230. The van der Waals surface area contributed by atoms with E-state index in [0.717, 1.165) is 6.42 Å². The number of allylic oxidation sites excluding steroid dienone is 1. The van der Waals surface area contributed by atoms with Crippen LogP contribution in [0.1, 0.15) is 6.42 Å². The van der Waals surface area contributed by atoms with Crippen molar-refractivity contribution in [2.75, 3.05) is 6.61 Å². The summed E-state index contributed by atoms with van der Waals surface area (Å²) in [5.41, 5.74) is 0. The monoisotopic (exact) mass is 161 g/mol. The molecule has 2 heterocycles. The molecule has 0 saturated carbocycles. The summed E-state index contributed by atoms with van der Waals surface area (Å²) < 4.78 is 5.10. The molecule has 0 aliphatic carbocycles. The Labute approximate surface area is 72.6 Å². The lowest BCUT2D eigenvalue weighted by atomic mass is 9.95. The Hall–Kier alpha value is -0.890. The Morgan fingerprint density at radius 2 is 2.42 bits per heavy atom. The van der Waals surface area contributed by atoms with Gasteiger partial charge in [-0.15, -0.1) is 0 Å². The maximum absolute atomic E-state index is 5.10. The van der Waals surface area contributed by atoms with Gasteiger partial charge < -0.3 is 4.74 Å². The van der Waals surface area contributed by atoms with Gasteiger partial charge in [0.15, 0.2) is 0 Å². The maximum Gasteiger partial charge on any atom is 0.142 e. The van der Waals surface area contributed by atoms with Crippen molar-refractivity contribution in [2.45, 2.75) is 12.5 Å². The molecule has 0 N–H and O–H groups in total. The van der Waals surface area contributed by atoms with Crippen LogP contribution in [-0.4, -0.2) is 18.9 Å². The van der Waals surface area contributed by atoms with E-state index in [-0.39, 0.29) is 5.92 Å². The number of aliphatic imine (C=N–C) groups is 1. The van der Waals surface area contributed by atoms with E-state index < -0.39 is 0 Å². The second-order valence-electron chi connectivity index (χ2n) is 2.91. The van der Waals surface area contributed by atoms with Gasteiger partial charge in [-0.25, -0.2) is 0 Å². The normalized spacial score (nSPS) is 34.0. The van der Waals surface area contributed by atoms with E-state index in [1.807, 2.05) is 18.4 Å². The first-order chi connectivity index (χ1) is 5.97. The second-order valence-corrected chi connectivity index (χ2v) is 2.91. The van der Waals surface area contributed by atoms with Gasteiger partial charge >= 0.3 is 0 Å². The van der Waals surface area contributed by atoms with Crippen LogP contribution in [0.5, 0.6) is 0 Å². The topological polar surface area (TPSA) is 21.6 Å². The summed E-state index contributed by atoms with van der Waals surface area (Å²) in [6, 6.07) is 0.298. The number of rotatable bonds is 1. The maximum atomic E-state index is 5.10. The molecule has 0 saturated heterocycles. The van der Waals surface area contributed by atoms with Crippen LogP contribution in [0.25, 0.3) is 0 Å². The van der Waals surface area contributed by atoms with E-state index in [1.165, 1.54) is 0 Å². The Balaban J connectivity index is 1.99. The quantitative estimate of drug-likeness (QED) is 0.535. The van der Waals surface area contributed by atoms with Crippen molar-refractivity contribution in [2.24, 2.45) is 10.9 Å². The summed E-state index contributed by atoms with van der Waals surface area (Å²) in [7, 11) is 0. The Morgan fingerprint density at radius 3 is 3.08 bits per heavy atom. The molecule has 0 aromatic carbocycles. The Kier molecular flexibility index (Phi) is 2.37. The fourth-order valence-corrected chi connectivity index (χ4v) is 1.38. The van der Waals surface area contributed by atoms with Crippen molar-refractivity contribution in [1.82, 2.24) is 0 Å². The van der Waals surface area contributed by atoms with Crippen LogP contribution in [0.3, 0.4) is 0 Å². The van der Waals surface area contributed by atoms with Crippen molar-refractivity contribution >= 4 is 6.21 Å². The van der Waals surface area contributed by atoms with Gasteiger partial charge in [0, 0.05) is 12.1 Å². The fourth-order valence-electron chi connectivity index (χ4n) is 1.38. The molecule has 2 nitrogen and oxygen atoms in total. The summed E-state index contributed by atoms with van der Waals surface area (Å²) in [4.78, 5) is 4.35. The van der Waals surface area contributed by atoms with E-state index in [1.54, 1.807) is 0 Å². The summed E-state index contributed by atoms with van der Waals surface area (Å²) in [5.74, 6) is 0.236. The van der Waals surface area contributed by atoms with Gasteiger partial charge in [-0.05, 0) is 12.5 Å². The highest BCUT2D eigenvalue weighted by Gasteiger charge is 2.20. The first-order valence-electron chi connectivity index (χ1n) is 4.19. The summed E-state index contributed by atoms with van der Waals surface area (Å²) >= 11 is 0. The van der Waals surface area contributed by atoms with Gasteiger partial charge in [0.05, 0.1) is 12.6 Å². The van der Waals surface area contributed by atoms with E-state index in [0.29, 0.717) is 12.6 Å². The van der Waals surface area contributed by atoms with Gasteiger partial charge in [-0.3, -0.25) is 4.99 Å². The van der Waals surface area contributed by atoms with E-state index in [2.05, 4.69) is 23.8 Å². The van der Waals surface area contributed by atoms with E-state index in [4.69, 9.17) is 4.74 Å². The third-order valence-electron chi connectivity index (χ3n) is 2.03. The van der Waals surface area contributed by atoms with Gasteiger partial charge in [-0.1, -0.05) is 18.2 Å². The molecule has 2 aliphatic heterocycles. The predicted molar refractivity (Wildman–Crippen MR) is 47.9 cm³/mol. The first kappa shape index (κ1) is 7.74. The summed E-state index contributed by atoms with van der Waals surface area (Å²) in [6.07, 6.45) is 11.1. The van der Waals surface area contributed by atoms with Crippen molar-refractivity contribution in [3.63, 3.8) is 0 Å². The lowest BCUT2D eigenvalue weighted by Gasteiger charge is -2.22. The molecule has 0 bridgehead atoms. The van der Waals surface area contributed by atoms with Gasteiger partial charge in [0.25, 0.3) is 0 Å². The van der Waals surface area contributed by atoms with Crippen LogP contribution in [0, 0.1) is 12.5 Å². The molecule has 0 aromatic rings. The zero-order valence-corrected chi connectivity index (χ0v) is 6.81. The number of hydrogen-bond donors (Lipinski definition) is 0. The predicted octanol–water partition coefficient (Wildman–Crippen LogP) is 1.63. The molecule has 0 aromatic heterocycles. The van der Waals surface area contributed by atoms with Crippen molar-refractivity contribution in [1.29, 1.82) is 0 Å². The largest absolute Gasteiger partial charge is 0.364 e. The smallest absolute Gasteiger partial charge is 0.142 e. The third-order valence-corrected chi connectivity index (χ3v) is 2.03. The molecule has 12 heavy (non-hydrogen) atoms. The van der Waals surface area contributed by atoms with Crippen molar-refractivity contribution < 1.29 is 4.74 Å².